The molecule has 0 aliphatic carbocycles. The van der Waals surface area contributed by atoms with Gasteiger partial charge in [0.1, 0.15) is 0 Å². The zero-order chi connectivity index (χ0) is 11.4. The number of aliphatic hydroxyl groups is 1. The van der Waals surface area contributed by atoms with E-state index in [0.717, 1.165) is 0 Å². The van der Waals surface area contributed by atoms with Crippen molar-refractivity contribution in [3.05, 3.63) is 0 Å². The molecule has 0 aromatic rings. The predicted molar refractivity (Wildman–Crippen MR) is 57.5 cm³/mol. The molecule has 0 radical (unpaired) electrons. The summed E-state index contributed by atoms with van der Waals surface area (Å²) in [6, 6.07) is 0. The molecule has 0 rings (SSSR count). The minimum atomic E-state index is -3.22. The minimum Gasteiger partial charge on any atom is -0.389 e. The van der Waals surface area contributed by atoms with Gasteiger partial charge in [0.15, 0.2) is 0 Å². The lowest BCUT2D eigenvalue weighted by Gasteiger charge is -2.17. The van der Waals surface area contributed by atoms with Crippen LogP contribution in [0.5, 0.6) is 0 Å². The number of nitrogens with one attached hydrogen (secondary N) is 1. The maximum Gasteiger partial charge on any atom is 0.211 e. The van der Waals surface area contributed by atoms with E-state index in [4.69, 9.17) is 0 Å². The Balaban J connectivity index is 3.97. The van der Waals surface area contributed by atoms with Gasteiger partial charge in [0, 0.05) is 6.54 Å². The minimum absolute atomic E-state index is 0.0629. The highest BCUT2D eigenvalue weighted by molar-refractivity contribution is 7.89. The SMILES string of the molecule is CC(C)CCS(=O)(=O)NCC(C)(C)O. The Morgan fingerprint density at radius 1 is 1.36 bits per heavy atom. The van der Waals surface area contributed by atoms with E-state index in [1.54, 1.807) is 13.8 Å². The maximum atomic E-state index is 11.4. The molecule has 14 heavy (non-hydrogen) atoms. The average molecular weight is 223 g/mol. The van der Waals surface area contributed by atoms with Gasteiger partial charge in [-0.05, 0) is 26.2 Å². The van der Waals surface area contributed by atoms with Gasteiger partial charge >= 0.3 is 0 Å². The standard InChI is InChI=1S/C9H21NO3S/c1-8(2)5-6-14(12,13)10-7-9(3,4)11/h8,10-11H,5-7H2,1-4H3. The van der Waals surface area contributed by atoms with Crippen LogP contribution in [0.15, 0.2) is 0 Å². The molecule has 0 unspecified atom stereocenters. The van der Waals surface area contributed by atoms with E-state index in [9.17, 15) is 13.5 Å². The van der Waals surface area contributed by atoms with Crippen LogP contribution in [0.2, 0.25) is 0 Å². The summed E-state index contributed by atoms with van der Waals surface area (Å²) in [4.78, 5) is 0. The van der Waals surface area contributed by atoms with Crippen molar-refractivity contribution in [2.24, 2.45) is 5.92 Å². The van der Waals surface area contributed by atoms with Crippen LogP contribution in [0.25, 0.3) is 0 Å². The fourth-order valence-electron chi connectivity index (χ4n) is 0.750. The second kappa shape index (κ2) is 5.09. The summed E-state index contributed by atoms with van der Waals surface area (Å²) in [6.45, 7) is 7.15. The lowest BCUT2D eigenvalue weighted by Crippen LogP contribution is -2.39. The second-order valence-corrected chi connectivity index (χ2v) is 6.56. The Kier molecular flexibility index (Phi) is 5.05. The zero-order valence-electron chi connectivity index (χ0n) is 9.37. The number of sulfonamides is 1. The molecule has 0 aliphatic heterocycles. The molecular weight excluding hydrogens is 202 g/mol. The first kappa shape index (κ1) is 13.9. The molecule has 0 heterocycles. The normalized spacial score (nSPS) is 13.6. The van der Waals surface area contributed by atoms with Crippen molar-refractivity contribution >= 4 is 10.0 Å². The first-order chi connectivity index (χ1) is 6.12. The summed E-state index contributed by atoms with van der Waals surface area (Å²) < 4.78 is 25.1. The van der Waals surface area contributed by atoms with E-state index < -0.39 is 15.6 Å². The highest BCUT2D eigenvalue weighted by Crippen LogP contribution is 2.03. The topological polar surface area (TPSA) is 66.4 Å². The smallest absolute Gasteiger partial charge is 0.211 e. The van der Waals surface area contributed by atoms with Crippen LogP contribution < -0.4 is 4.72 Å². The van der Waals surface area contributed by atoms with Gasteiger partial charge in [-0.1, -0.05) is 13.8 Å². The van der Waals surface area contributed by atoms with Crippen molar-refractivity contribution in [1.29, 1.82) is 0 Å². The van der Waals surface area contributed by atoms with Crippen molar-refractivity contribution < 1.29 is 13.5 Å². The molecule has 0 saturated heterocycles. The Morgan fingerprint density at radius 3 is 2.21 bits per heavy atom. The van der Waals surface area contributed by atoms with E-state index in [-0.39, 0.29) is 12.3 Å². The second-order valence-electron chi connectivity index (χ2n) is 4.63. The van der Waals surface area contributed by atoms with Crippen LogP contribution in [0.4, 0.5) is 0 Å². The summed E-state index contributed by atoms with van der Waals surface area (Å²) >= 11 is 0. The number of rotatable bonds is 6. The molecule has 4 nitrogen and oxygen atoms in total. The van der Waals surface area contributed by atoms with Gasteiger partial charge in [-0.25, -0.2) is 13.1 Å². The van der Waals surface area contributed by atoms with E-state index in [1.165, 1.54) is 0 Å². The Labute approximate surface area is 86.8 Å². The fraction of sp³-hybridized carbons (Fsp3) is 1.00. The molecular formula is C9H21NO3S. The largest absolute Gasteiger partial charge is 0.389 e. The molecule has 0 spiro atoms. The highest BCUT2D eigenvalue weighted by Gasteiger charge is 2.17. The van der Waals surface area contributed by atoms with Crippen LogP contribution in [-0.4, -0.2) is 31.4 Å². The Bertz CT molecular complexity index is 252. The number of hydrogen-bond acceptors (Lipinski definition) is 3. The number of hydrogen-bond donors (Lipinski definition) is 2. The van der Waals surface area contributed by atoms with E-state index in [1.807, 2.05) is 13.8 Å². The monoisotopic (exact) mass is 223 g/mol. The lowest BCUT2D eigenvalue weighted by atomic mass is 10.1. The van der Waals surface area contributed by atoms with Gasteiger partial charge in [0.05, 0.1) is 11.4 Å². The molecule has 2 N–H and O–H groups in total. The van der Waals surface area contributed by atoms with Crippen LogP contribution in [-0.2, 0) is 10.0 Å². The highest BCUT2D eigenvalue weighted by atomic mass is 32.2. The molecule has 0 fully saturated rings. The van der Waals surface area contributed by atoms with Gasteiger partial charge in [0.25, 0.3) is 0 Å². The predicted octanol–water partition coefficient (Wildman–Crippen LogP) is 0.723. The van der Waals surface area contributed by atoms with E-state index in [2.05, 4.69) is 4.72 Å². The summed E-state index contributed by atoms with van der Waals surface area (Å²) in [6.07, 6.45) is 0.640. The quantitative estimate of drug-likeness (QED) is 0.697. The van der Waals surface area contributed by atoms with Gasteiger partial charge < -0.3 is 5.11 Å². The molecule has 0 saturated carbocycles. The third-order valence-corrected chi connectivity index (χ3v) is 3.05. The van der Waals surface area contributed by atoms with Crippen LogP contribution in [0, 0.1) is 5.92 Å². The Hall–Kier alpha value is -0.130. The van der Waals surface area contributed by atoms with Crippen molar-refractivity contribution in [2.45, 2.75) is 39.7 Å². The van der Waals surface area contributed by atoms with E-state index in [0.29, 0.717) is 12.3 Å². The third-order valence-electron chi connectivity index (χ3n) is 1.69. The molecule has 0 amide bonds. The van der Waals surface area contributed by atoms with Crippen LogP contribution in [0.1, 0.15) is 34.1 Å². The van der Waals surface area contributed by atoms with Crippen molar-refractivity contribution in [2.75, 3.05) is 12.3 Å². The van der Waals surface area contributed by atoms with Gasteiger partial charge in [-0.3, -0.25) is 0 Å². The summed E-state index contributed by atoms with van der Waals surface area (Å²) in [5, 5.41) is 9.33. The average Bonchev–Trinajstić information content (AvgIpc) is 1.97. The molecule has 5 heteroatoms. The summed E-state index contributed by atoms with van der Waals surface area (Å²) in [7, 11) is -3.22. The Morgan fingerprint density at radius 2 is 1.86 bits per heavy atom. The lowest BCUT2D eigenvalue weighted by molar-refractivity contribution is 0.0857. The van der Waals surface area contributed by atoms with Gasteiger partial charge in [0.2, 0.25) is 10.0 Å². The first-order valence-corrected chi connectivity index (χ1v) is 6.47. The van der Waals surface area contributed by atoms with Crippen molar-refractivity contribution in [3.63, 3.8) is 0 Å². The molecule has 0 aromatic carbocycles. The molecule has 0 aliphatic rings. The molecule has 0 atom stereocenters. The van der Waals surface area contributed by atoms with Crippen LogP contribution >= 0.6 is 0 Å². The fourth-order valence-corrected chi connectivity index (χ4v) is 2.25. The van der Waals surface area contributed by atoms with E-state index >= 15 is 0 Å². The van der Waals surface area contributed by atoms with Gasteiger partial charge in [-0.15, -0.1) is 0 Å². The van der Waals surface area contributed by atoms with Gasteiger partial charge in [-0.2, -0.15) is 0 Å². The third kappa shape index (κ3) is 8.47. The molecule has 86 valence electrons. The maximum absolute atomic E-state index is 11.4. The summed E-state index contributed by atoms with van der Waals surface area (Å²) in [5.74, 6) is 0.495. The molecule has 0 bridgehead atoms. The van der Waals surface area contributed by atoms with Crippen LogP contribution in [0.3, 0.4) is 0 Å². The summed E-state index contributed by atoms with van der Waals surface area (Å²) in [5.41, 5.74) is -0.995. The zero-order valence-corrected chi connectivity index (χ0v) is 10.2. The first-order valence-electron chi connectivity index (χ1n) is 4.82. The molecule has 0 aromatic heterocycles. The van der Waals surface area contributed by atoms with Crippen molar-refractivity contribution in [3.8, 4) is 0 Å². The van der Waals surface area contributed by atoms with Crippen molar-refractivity contribution in [1.82, 2.24) is 4.72 Å².